The molecule has 2 rings (SSSR count). The molecule has 1 aliphatic rings. The summed E-state index contributed by atoms with van der Waals surface area (Å²) in [6, 6.07) is 5.54. The number of carbonyl (C=O) groups is 1. The fraction of sp³-hybridized carbons (Fsp3) is 0.500. The van der Waals surface area contributed by atoms with Gasteiger partial charge in [0.05, 0.1) is 16.1 Å². The number of halogens is 1. The molecule has 1 saturated carbocycles. The SMILES string of the molecule is Cc1ccc(NC(=O)C2(C)CCCC2N)c(Cl)c1. The number of hydrogen-bond acceptors (Lipinski definition) is 2. The summed E-state index contributed by atoms with van der Waals surface area (Å²) in [4.78, 5) is 12.3. The Kier molecular flexibility index (Phi) is 3.64. The lowest BCUT2D eigenvalue weighted by molar-refractivity contribution is -0.125. The van der Waals surface area contributed by atoms with E-state index >= 15 is 0 Å². The Labute approximate surface area is 113 Å². The van der Waals surface area contributed by atoms with E-state index in [0.29, 0.717) is 10.7 Å². The number of nitrogens with two attached hydrogens (primary N) is 1. The highest BCUT2D eigenvalue weighted by molar-refractivity contribution is 6.33. The average Bonchev–Trinajstić information content (AvgIpc) is 2.64. The average molecular weight is 267 g/mol. The number of anilines is 1. The third-order valence-corrected chi connectivity index (χ3v) is 4.23. The van der Waals surface area contributed by atoms with Gasteiger partial charge in [0.1, 0.15) is 0 Å². The van der Waals surface area contributed by atoms with Crippen LogP contribution < -0.4 is 11.1 Å². The van der Waals surface area contributed by atoms with Crippen molar-refractivity contribution in [2.45, 2.75) is 39.2 Å². The molecule has 3 nitrogen and oxygen atoms in total. The van der Waals surface area contributed by atoms with Crippen LogP contribution in [0.4, 0.5) is 5.69 Å². The molecule has 0 aromatic heterocycles. The van der Waals surface area contributed by atoms with Crippen molar-refractivity contribution in [3.63, 3.8) is 0 Å². The topological polar surface area (TPSA) is 55.1 Å². The minimum absolute atomic E-state index is 0.0294. The first kappa shape index (κ1) is 13.4. The molecule has 1 fully saturated rings. The summed E-state index contributed by atoms with van der Waals surface area (Å²) < 4.78 is 0. The van der Waals surface area contributed by atoms with Crippen molar-refractivity contribution in [2.24, 2.45) is 11.1 Å². The molecule has 0 bridgehead atoms. The molecule has 18 heavy (non-hydrogen) atoms. The molecule has 0 saturated heterocycles. The van der Waals surface area contributed by atoms with Crippen molar-refractivity contribution in [1.82, 2.24) is 0 Å². The van der Waals surface area contributed by atoms with E-state index in [1.165, 1.54) is 0 Å². The fourth-order valence-corrected chi connectivity index (χ4v) is 2.74. The van der Waals surface area contributed by atoms with E-state index in [1.54, 1.807) is 0 Å². The van der Waals surface area contributed by atoms with E-state index in [4.69, 9.17) is 17.3 Å². The summed E-state index contributed by atoms with van der Waals surface area (Å²) in [6.45, 7) is 3.90. The Balaban J connectivity index is 2.16. The van der Waals surface area contributed by atoms with E-state index < -0.39 is 5.41 Å². The second-order valence-electron chi connectivity index (χ2n) is 5.35. The molecule has 1 aliphatic carbocycles. The molecule has 1 amide bonds. The molecule has 98 valence electrons. The van der Waals surface area contributed by atoms with Gasteiger partial charge in [0, 0.05) is 6.04 Å². The lowest BCUT2D eigenvalue weighted by Gasteiger charge is -2.27. The second-order valence-corrected chi connectivity index (χ2v) is 5.76. The van der Waals surface area contributed by atoms with Crippen LogP contribution in [-0.4, -0.2) is 11.9 Å². The molecule has 2 atom stereocenters. The first-order valence-electron chi connectivity index (χ1n) is 6.26. The Hall–Kier alpha value is -1.06. The summed E-state index contributed by atoms with van der Waals surface area (Å²) in [6.07, 6.45) is 2.75. The highest BCUT2D eigenvalue weighted by Crippen LogP contribution is 2.38. The summed E-state index contributed by atoms with van der Waals surface area (Å²) in [5, 5.41) is 3.47. The van der Waals surface area contributed by atoms with Crippen molar-refractivity contribution < 1.29 is 4.79 Å². The van der Waals surface area contributed by atoms with Gasteiger partial charge in [0.2, 0.25) is 5.91 Å². The van der Waals surface area contributed by atoms with Crippen molar-refractivity contribution in [3.05, 3.63) is 28.8 Å². The van der Waals surface area contributed by atoms with Gasteiger partial charge in [-0.25, -0.2) is 0 Å². The zero-order valence-electron chi connectivity index (χ0n) is 10.8. The molecule has 0 aliphatic heterocycles. The monoisotopic (exact) mass is 266 g/mol. The second kappa shape index (κ2) is 4.90. The largest absolute Gasteiger partial charge is 0.327 e. The molecule has 0 heterocycles. The van der Waals surface area contributed by atoms with Gasteiger partial charge in [-0.05, 0) is 44.4 Å². The van der Waals surface area contributed by atoms with Gasteiger partial charge in [-0.15, -0.1) is 0 Å². The van der Waals surface area contributed by atoms with Crippen LogP contribution in [-0.2, 0) is 4.79 Å². The minimum atomic E-state index is -0.478. The quantitative estimate of drug-likeness (QED) is 0.864. The standard InChI is InChI=1S/C14H19ClN2O/c1-9-5-6-11(10(15)8-9)17-13(18)14(2)7-3-4-12(14)16/h5-6,8,12H,3-4,7,16H2,1-2H3,(H,17,18). The van der Waals surface area contributed by atoms with Crippen LogP contribution in [0.1, 0.15) is 31.7 Å². The predicted molar refractivity (Wildman–Crippen MR) is 74.8 cm³/mol. The van der Waals surface area contributed by atoms with Crippen LogP contribution in [0.5, 0.6) is 0 Å². The summed E-state index contributed by atoms with van der Waals surface area (Å²) in [7, 11) is 0. The summed E-state index contributed by atoms with van der Waals surface area (Å²) >= 11 is 6.12. The van der Waals surface area contributed by atoms with Crippen LogP contribution in [0.3, 0.4) is 0 Å². The van der Waals surface area contributed by atoms with E-state index in [0.717, 1.165) is 24.8 Å². The molecule has 1 aromatic rings. The van der Waals surface area contributed by atoms with Gasteiger partial charge >= 0.3 is 0 Å². The maximum atomic E-state index is 12.3. The van der Waals surface area contributed by atoms with Crippen LogP contribution in [0.2, 0.25) is 5.02 Å². The molecule has 4 heteroatoms. The third-order valence-electron chi connectivity index (χ3n) is 3.92. The van der Waals surface area contributed by atoms with Crippen molar-refractivity contribution in [1.29, 1.82) is 0 Å². The van der Waals surface area contributed by atoms with Gasteiger partial charge in [0.15, 0.2) is 0 Å². The number of hydrogen-bond donors (Lipinski definition) is 2. The number of benzene rings is 1. The summed E-state index contributed by atoms with van der Waals surface area (Å²) in [5.41, 5.74) is 7.29. The van der Waals surface area contributed by atoms with Gasteiger partial charge in [0.25, 0.3) is 0 Å². The predicted octanol–water partition coefficient (Wildman–Crippen LogP) is 3.10. The molecular weight excluding hydrogens is 248 g/mol. The lowest BCUT2D eigenvalue weighted by Crippen LogP contribution is -2.44. The normalized spacial score (nSPS) is 27.2. The maximum Gasteiger partial charge on any atom is 0.231 e. The smallest absolute Gasteiger partial charge is 0.231 e. The van der Waals surface area contributed by atoms with E-state index in [2.05, 4.69) is 5.32 Å². The number of nitrogens with one attached hydrogen (secondary N) is 1. The lowest BCUT2D eigenvalue weighted by atomic mass is 9.84. The third kappa shape index (κ3) is 2.38. The van der Waals surface area contributed by atoms with Crippen molar-refractivity contribution >= 4 is 23.2 Å². The Morgan fingerprint density at radius 2 is 2.28 bits per heavy atom. The first-order valence-corrected chi connectivity index (χ1v) is 6.64. The highest BCUT2D eigenvalue weighted by Gasteiger charge is 2.43. The van der Waals surface area contributed by atoms with Gasteiger partial charge in [-0.1, -0.05) is 24.1 Å². The van der Waals surface area contributed by atoms with Crippen LogP contribution >= 0.6 is 11.6 Å². The Morgan fingerprint density at radius 3 is 2.83 bits per heavy atom. The van der Waals surface area contributed by atoms with Crippen LogP contribution in [0.15, 0.2) is 18.2 Å². The first-order chi connectivity index (χ1) is 8.43. The molecule has 2 unspecified atom stereocenters. The van der Waals surface area contributed by atoms with E-state index in [1.807, 2.05) is 32.0 Å². The number of aryl methyl sites for hydroxylation is 1. The fourth-order valence-electron chi connectivity index (χ4n) is 2.46. The van der Waals surface area contributed by atoms with Gasteiger partial charge in [-0.2, -0.15) is 0 Å². The van der Waals surface area contributed by atoms with Crippen LogP contribution in [0.25, 0.3) is 0 Å². The molecule has 1 aromatic carbocycles. The number of rotatable bonds is 2. The summed E-state index contributed by atoms with van der Waals surface area (Å²) in [5.74, 6) is -0.0294. The minimum Gasteiger partial charge on any atom is -0.327 e. The molecule has 0 radical (unpaired) electrons. The number of carbonyl (C=O) groups excluding carboxylic acids is 1. The van der Waals surface area contributed by atoms with Crippen molar-refractivity contribution in [2.75, 3.05) is 5.32 Å². The molecular formula is C14H19ClN2O. The highest BCUT2D eigenvalue weighted by atomic mass is 35.5. The van der Waals surface area contributed by atoms with Crippen LogP contribution in [0, 0.1) is 12.3 Å². The van der Waals surface area contributed by atoms with Gasteiger partial charge < -0.3 is 11.1 Å². The Bertz CT molecular complexity index is 475. The van der Waals surface area contributed by atoms with Crippen molar-refractivity contribution in [3.8, 4) is 0 Å². The molecule has 0 spiro atoms. The maximum absolute atomic E-state index is 12.3. The Morgan fingerprint density at radius 1 is 1.56 bits per heavy atom. The number of amides is 1. The molecule has 3 N–H and O–H groups in total. The zero-order valence-corrected chi connectivity index (χ0v) is 11.6. The van der Waals surface area contributed by atoms with E-state index in [-0.39, 0.29) is 11.9 Å². The zero-order chi connectivity index (χ0) is 13.3. The van der Waals surface area contributed by atoms with Gasteiger partial charge in [-0.3, -0.25) is 4.79 Å². The van der Waals surface area contributed by atoms with E-state index in [9.17, 15) is 4.79 Å².